The minimum Gasteiger partial charge on any atom is -0.488 e. The van der Waals surface area contributed by atoms with Crippen molar-refractivity contribution in [2.45, 2.75) is 26.4 Å². The minimum absolute atomic E-state index is 0.0118. The lowest BCUT2D eigenvalue weighted by Crippen LogP contribution is -2.22. The number of nitro groups is 1. The van der Waals surface area contributed by atoms with E-state index in [1.165, 1.54) is 23.0 Å². The zero-order chi connectivity index (χ0) is 24.9. The van der Waals surface area contributed by atoms with E-state index in [4.69, 9.17) is 16.3 Å². The summed E-state index contributed by atoms with van der Waals surface area (Å²) < 4.78 is 7.98. The van der Waals surface area contributed by atoms with Gasteiger partial charge in [-0.2, -0.15) is 9.78 Å². The maximum atomic E-state index is 13.2. The smallest absolute Gasteiger partial charge is 0.282 e. The van der Waals surface area contributed by atoms with E-state index in [1.54, 1.807) is 42.5 Å². The lowest BCUT2D eigenvalue weighted by atomic mass is 10.2. The molecular weight excluding hydrogens is 536 g/mol. The molecule has 0 unspecified atom stereocenters. The fraction of sp³-hybridized carbons (Fsp3) is 0.160. The third kappa shape index (κ3) is 5.75. The number of hydrogen-bond donors (Lipinski definition) is 0. The van der Waals surface area contributed by atoms with Gasteiger partial charge in [0.05, 0.1) is 22.0 Å². The first-order valence-electron chi connectivity index (χ1n) is 10.8. The van der Waals surface area contributed by atoms with Gasteiger partial charge >= 0.3 is 0 Å². The number of aryl methyl sites for hydroxylation is 1. The summed E-state index contributed by atoms with van der Waals surface area (Å²) in [5.74, 6) is 1.01. The van der Waals surface area contributed by atoms with Crippen LogP contribution in [0.15, 0.2) is 75.0 Å². The second-order valence-corrected chi connectivity index (χ2v) is 9.05. The topological polar surface area (TPSA) is 99.6 Å². The molecule has 0 amide bonds. The predicted molar refractivity (Wildman–Crippen MR) is 140 cm³/mol. The van der Waals surface area contributed by atoms with E-state index in [-0.39, 0.29) is 17.9 Å². The predicted octanol–water partition coefficient (Wildman–Crippen LogP) is 6.13. The summed E-state index contributed by atoms with van der Waals surface area (Å²) in [4.78, 5) is 28.4. The Morgan fingerprint density at radius 3 is 2.80 bits per heavy atom. The highest BCUT2D eigenvalue weighted by Crippen LogP contribution is 2.24. The Morgan fingerprint density at radius 2 is 2.03 bits per heavy atom. The zero-order valence-corrected chi connectivity index (χ0v) is 21.0. The molecule has 178 valence electrons. The molecule has 0 N–H and O–H groups in total. The van der Waals surface area contributed by atoms with Crippen LogP contribution in [0.4, 0.5) is 5.69 Å². The molecule has 1 aromatic heterocycles. The number of ether oxygens (including phenoxy) is 1. The molecule has 4 rings (SSSR count). The van der Waals surface area contributed by atoms with Gasteiger partial charge in [-0.1, -0.05) is 46.6 Å². The van der Waals surface area contributed by atoms with E-state index in [0.717, 1.165) is 10.9 Å². The quantitative estimate of drug-likeness (QED) is 0.148. The summed E-state index contributed by atoms with van der Waals surface area (Å²) in [5, 5.41) is 16.4. The lowest BCUT2D eigenvalue weighted by Gasteiger charge is -2.11. The van der Waals surface area contributed by atoms with E-state index in [0.29, 0.717) is 45.0 Å². The number of rotatable bonds is 8. The average Bonchev–Trinajstić information content (AvgIpc) is 2.84. The number of fused-ring (bicyclic) bond motifs is 1. The normalized spacial score (nSPS) is 11.3. The van der Waals surface area contributed by atoms with E-state index >= 15 is 0 Å². The molecule has 0 fully saturated rings. The van der Waals surface area contributed by atoms with Gasteiger partial charge in [0.25, 0.3) is 11.2 Å². The Hall–Kier alpha value is -3.56. The summed E-state index contributed by atoms with van der Waals surface area (Å²) >= 11 is 9.60. The highest BCUT2D eigenvalue weighted by Gasteiger charge is 2.12. The van der Waals surface area contributed by atoms with Crippen molar-refractivity contribution in [1.82, 2.24) is 9.66 Å². The average molecular weight is 556 g/mol. The molecule has 10 heteroatoms. The Kier molecular flexibility index (Phi) is 7.57. The van der Waals surface area contributed by atoms with Crippen LogP contribution in [-0.4, -0.2) is 20.8 Å². The molecule has 4 aromatic rings. The molecule has 0 aliphatic carbocycles. The van der Waals surface area contributed by atoms with Crippen LogP contribution in [0.3, 0.4) is 0 Å². The van der Waals surface area contributed by atoms with Gasteiger partial charge in [0, 0.05) is 33.6 Å². The summed E-state index contributed by atoms with van der Waals surface area (Å²) in [6, 6.07) is 16.6. The van der Waals surface area contributed by atoms with Crippen molar-refractivity contribution in [3.8, 4) is 5.75 Å². The van der Waals surface area contributed by atoms with Gasteiger partial charge in [-0.05, 0) is 48.4 Å². The van der Waals surface area contributed by atoms with Crippen molar-refractivity contribution in [2.75, 3.05) is 0 Å². The van der Waals surface area contributed by atoms with Gasteiger partial charge in [-0.15, -0.1) is 0 Å². The summed E-state index contributed by atoms with van der Waals surface area (Å²) in [6.45, 7) is 2.11. The van der Waals surface area contributed by atoms with Crippen molar-refractivity contribution in [3.63, 3.8) is 0 Å². The number of benzene rings is 3. The van der Waals surface area contributed by atoms with Crippen molar-refractivity contribution in [3.05, 3.63) is 108 Å². The summed E-state index contributed by atoms with van der Waals surface area (Å²) in [7, 11) is 0. The van der Waals surface area contributed by atoms with Gasteiger partial charge in [0.2, 0.25) is 0 Å². The van der Waals surface area contributed by atoms with Crippen molar-refractivity contribution in [2.24, 2.45) is 5.10 Å². The molecule has 0 spiro atoms. The van der Waals surface area contributed by atoms with Crippen LogP contribution in [0.5, 0.6) is 5.75 Å². The van der Waals surface area contributed by atoms with Crippen molar-refractivity contribution in [1.29, 1.82) is 0 Å². The molecule has 3 aromatic carbocycles. The lowest BCUT2D eigenvalue weighted by molar-refractivity contribution is -0.384. The molecule has 8 nitrogen and oxygen atoms in total. The molecule has 0 saturated heterocycles. The first-order valence-corrected chi connectivity index (χ1v) is 11.9. The minimum atomic E-state index is -0.453. The molecule has 0 radical (unpaired) electrons. The van der Waals surface area contributed by atoms with Crippen LogP contribution < -0.4 is 10.3 Å². The van der Waals surface area contributed by atoms with Crippen LogP contribution in [0.25, 0.3) is 10.9 Å². The number of nitrogens with zero attached hydrogens (tertiary/aromatic N) is 4. The molecular formula is C25H20BrClN4O4. The van der Waals surface area contributed by atoms with Gasteiger partial charge < -0.3 is 4.74 Å². The molecule has 35 heavy (non-hydrogen) atoms. The standard InChI is InChI=1S/C25H20BrClN4O4/c1-2-4-24-29-22-9-7-18(26)13-21(22)25(32)30(24)28-14-17-12-19(27)8-10-23(17)35-15-16-5-3-6-20(11-16)31(33)34/h3,5-14H,2,4,15H2,1H3. The number of non-ortho nitro benzene ring substituents is 1. The second-order valence-electron chi connectivity index (χ2n) is 7.70. The Morgan fingerprint density at radius 1 is 1.20 bits per heavy atom. The zero-order valence-electron chi connectivity index (χ0n) is 18.6. The maximum absolute atomic E-state index is 13.2. The first kappa shape index (κ1) is 24.6. The molecule has 1 heterocycles. The van der Waals surface area contributed by atoms with Gasteiger partial charge in [0.1, 0.15) is 18.2 Å². The van der Waals surface area contributed by atoms with Crippen LogP contribution in [0, 0.1) is 10.1 Å². The summed E-state index contributed by atoms with van der Waals surface area (Å²) in [5.41, 5.74) is 1.51. The summed E-state index contributed by atoms with van der Waals surface area (Å²) in [6.07, 6.45) is 2.86. The Labute approximate surface area is 214 Å². The van der Waals surface area contributed by atoms with E-state index < -0.39 is 4.92 Å². The van der Waals surface area contributed by atoms with Crippen molar-refractivity contribution < 1.29 is 9.66 Å². The Balaban J connectivity index is 1.69. The molecule has 0 aliphatic heterocycles. The largest absolute Gasteiger partial charge is 0.488 e. The van der Waals surface area contributed by atoms with Crippen molar-refractivity contribution >= 4 is 50.3 Å². The molecule has 0 saturated carbocycles. The molecule has 0 aliphatic rings. The first-order chi connectivity index (χ1) is 16.9. The fourth-order valence-electron chi connectivity index (χ4n) is 3.49. The van der Waals surface area contributed by atoms with E-state index in [9.17, 15) is 14.9 Å². The number of hydrogen-bond acceptors (Lipinski definition) is 6. The third-order valence-electron chi connectivity index (χ3n) is 5.15. The van der Waals surface area contributed by atoms with Crippen LogP contribution in [-0.2, 0) is 13.0 Å². The SMILES string of the molecule is CCCc1nc2ccc(Br)cc2c(=O)n1N=Cc1cc(Cl)ccc1OCc1cccc([N+](=O)[O-])c1. The van der Waals surface area contributed by atoms with Gasteiger partial charge in [0.15, 0.2) is 0 Å². The van der Waals surface area contributed by atoms with Gasteiger partial charge in [-0.3, -0.25) is 14.9 Å². The monoisotopic (exact) mass is 554 g/mol. The maximum Gasteiger partial charge on any atom is 0.282 e. The van der Waals surface area contributed by atoms with E-state index in [2.05, 4.69) is 26.0 Å². The number of aromatic nitrogens is 2. The fourth-order valence-corrected chi connectivity index (χ4v) is 4.03. The highest BCUT2D eigenvalue weighted by molar-refractivity contribution is 9.10. The second kappa shape index (κ2) is 10.8. The number of nitro benzene ring substituents is 1. The van der Waals surface area contributed by atoms with Crippen LogP contribution >= 0.6 is 27.5 Å². The molecule has 0 atom stereocenters. The van der Waals surface area contributed by atoms with Crippen LogP contribution in [0.1, 0.15) is 30.3 Å². The highest BCUT2D eigenvalue weighted by atomic mass is 79.9. The Bertz CT molecular complexity index is 1500. The number of halogens is 2. The van der Waals surface area contributed by atoms with Crippen LogP contribution in [0.2, 0.25) is 5.02 Å². The third-order valence-corrected chi connectivity index (χ3v) is 5.88. The molecule has 0 bridgehead atoms. The van der Waals surface area contributed by atoms with Gasteiger partial charge in [-0.25, -0.2) is 4.98 Å². The van der Waals surface area contributed by atoms with E-state index in [1.807, 2.05) is 13.0 Å².